The maximum absolute atomic E-state index is 8.99. The Morgan fingerprint density at radius 3 is 2.61 bits per heavy atom. The van der Waals surface area contributed by atoms with Gasteiger partial charge in [-0.25, -0.2) is 4.68 Å². The minimum Gasteiger partial charge on any atom is -0.487 e. The monoisotopic (exact) mass is 329 g/mol. The molecule has 0 fully saturated rings. The zero-order valence-electron chi connectivity index (χ0n) is 12.6. The largest absolute Gasteiger partial charge is 0.487 e. The number of benzene rings is 1. The molecule has 5 nitrogen and oxygen atoms in total. The van der Waals surface area contributed by atoms with Crippen molar-refractivity contribution < 1.29 is 9.84 Å². The molecule has 2 heterocycles. The van der Waals surface area contributed by atoms with Crippen LogP contribution in [0.15, 0.2) is 48.7 Å². The highest BCUT2D eigenvalue weighted by Gasteiger charge is 2.15. The van der Waals surface area contributed by atoms with Crippen LogP contribution in [0.1, 0.15) is 17.0 Å². The lowest BCUT2D eigenvalue weighted by molar-refractivity contribution is 0.275. The molecule has 0 aliphatic heterocycles. The van der Waals surface area contributed by atoms with E-state index in [0.29, 0.717) is 23.2 Å². The molecule has 0 aliphatic carbocycles. The molecule has 0 bridgehead atoms. The van der Waals surface area contributed by atoms with Gasteiger partial charge in [-0.3, -0.25) is 4.98 Å². The SMILES string of the molecule is Cc1nn(-c2ccccc2)c(Cl)c1COc1ccc(CO)nc1. The summed E-state index contributed by atoms with van der Waals surface area (Å²) >= 11 is 6.45. The number of pyridine rings is 1. The molecule has 0 saturated carbocycles. The summed E-state index contributed by atoms with van der Waals surface area (Å²) in [5.41, 5.74) is 3.16. The van der Waals surface area contributed by atoms with Crippen molar-refractivity contribution in [1.29, 1.82) is 0 Å². The van der Waals surface area contributed by atoms with E-state index in [9.17, 15) is 0 Å². The Labute approximate surface area is 139 Å². The first-order valence-corrected chi connectivity index (χ1v) is 7.55. The predicted octanol–water partition coefficient (Wildman–Crippen LogP) is 3.30. The lowest BCUT2D eigenvalue weighted by atomic mass is 10.3. The third-order valence-corrected chi connectivity index (χ3v) is 3.85. The second-order valence-electron chi connectivity index (χ2n) is 5.03. The lowest BCUT2D eigenvalue weighted by Crippen LogP contribution is -1.99. The number of para-hydroxylation sites is 1. The number of aliphatic hydroxyl groups excluding tert-OH is 1. The van der Waals surface area contributed by atoms with Gasteiger partial charge < -0.3 is 9.84 Å². The molecule has 0 atom stereocenters. The quantitative estimate of drug-likeness (QED) is 0.780. The van der Waals surface area contributed by atoms with E-state index in [0.717, 1.165) is 16.9 Å². The van der Waals surface area contributed by atoms with Gasteiger partial charge >= 0.3 is 0 Å². The van der Waals surface area contributed by atoms with Crippen molar-refractivity contribution in [2.75, 3.05) is 0 Å². The molecule has 0 spiro atoms. The number of hydrogen-bond acceptors (Lipinski definition) is 4. The van der Waals surface area contributed by atoms with Crippen molar-refractivity contribution in [3.05, 3.63) is 70.8 Å². The number of halogens is 1. The zero-order chi connectivity index (χ0) is 16.2. The maximum atomic E-state index is 8.99. The smallest absolute Gasteiger partial charge is 0.139 e. The molecule has 0 aliphatic rings. The molecule has 1 N–H and O–H groups in total. The number of ether oxygens (including phenoxy) is 1. The molecular weight excluding hydrogens is 314 g/mol. The summed E-state index contributed by atoms with van der Waals surface area (Å²) in [6.45, 7) is 2.11. The average molecular weight is 330 g/mol. The van der Waals surface area contributed by atoms with Gasteiger partial charge in [0.05, 0.1) is 29.9 Å². The summed E-state index contributed by atoms with van der Waals surface area (Å²) in [4.78, 5) is 4.08. The van der Waals surface area contributed by atoms with Crippen LogP contribution in [-0.4, -0.2) is 19.9 Å². The second-order valence-corrected chi connectivity index (χ2v) is 5.39. The molecule has 0 amide bonds. The number of rotatable bonds is 5. The van der Waals surface area contributed by atoms with Gasteiger partial charge in [0.15, 0.2) is 0 Å². The highest BCUT2D eigenvalue weighted by molar-refractivity contribution is 6.30. The fourth-order valence-electron chi connectivity index (χ4n) is 2.18. The Balaban J connectivity index is 1.79. The molecule has 1 aromatic carbocycles. The van der Waals surface area contributed by atoms with E-state index < -0.39 is 0 Å². The van der Waals surface area contributed by atoms with E-state index in [2.05, 4.69) is 10.1 Å². The molecule has 0 saturated heterocycles. The number of hydrogen-bond donors (Lipinski definition) is 1. The van der Waals surface area contributed by atoms with E-state index in [1.165, 1.54) is 0 Å². The van der Waals surface area contributed by atoms with E-state index in [1.807, 2.05) is 37.3 Å². The molecule has 2 aromatic heterocycles. The van der Waals surface area contributed by atoms with E-state index in [1.54, 1.807) is 23.0 Å². The maximum Gasteiger partial charge on any atom is 0.139 e. The Kier molecular flexibility index (Phi) is 4.60. The standard InChI is InChI=1S/C17H16ClN3O2/c1-12-16(11-23-15-8-7-13(10-22)19-9-15)17(18)21(20-12)14-5-3-2-4-6-14/h2-9,22H,10-11H2,1H3. The van der Waals surface area contributed by atoms with Gasteiger partial charge in [-0.2, -0.15) is 5.10 Å². The van der Waals surface area contributed by atoms with E-state index in [-0.39, 0.29) is 6.61 Å². The highest BCUT2D eigenvalue weighted by Crippen LogP contribution is 2.25. The van der Waals surface area contributed by atoms with Gasteiger partial charge in [-0.15, -0.1) is 0 Å². The molecular formula is C17H16ClN3O2. The van der Waals surface area contributed by atoms with Gasteiger partial charge in [0, 0.05) is 5.56 Å². The molecule has 6 heteroatoms. The number of aliphatic hydroxyl groups is 1. The summed E-state index contributed by atoms with van der Waals surface area (Å²) in [5, 5.41) is 14.0. The van der Waals surface area contributed by atoms with Crippen LogP contribution in [0.25, 0.3) is 5.69 Å². The molecule has 0 radical (unpaired) electrons. The van der Waals surface area contributed by atoms with Gasteiger partial charge in [0.2, 0.25) is 0 Å². The third-order valence-electron chi connectivity index (χ3n) is 3.47. The fraction of sp³-hybridized carbons (Fsp3) is 0.176. The first-order chi connectivity index (χ1) is 11.2. The average Bonchev–Trinajstić information content (AvgIpc) is 2.88. The Morgan fingerprint density at radius 2 is 1.96 bits per heavy atom. The zero-order valence-corrected chi connectivity index (χ0v) is 13.4. The predicted molar refractivity (Wildman–Crippen MR) is 87.8 cm³/mol. The van der Waals surface area contributed by atoms with Gasteiger partial charge in [0.1, 0.15) is 17.5 Å². The van der Waals surface area contributed by atoms with Crippen LogP contribution in [0.4, 0.5) is 0 Å². The summed E-state index contributed by atoms with van der Waals surface area (Å²) in [6.07, 6.45) is 1.58. The Hall–Kier alpha value is -2.37. The van der Waals surface area contributed by atoms with E-state index in [4.69, 9.17) is 21.4 Å². The normalized spacial score (nSPS) is 10.7. The number of aryl methyl sites for hydroxylation is 1. The van der Waals surface area contributed by atoms with Crippen molar-refractivity contribution in [3.8, 4) is 11.4 Å². The van der Waals surface area contributed by atoms with Gasteiger partial charge in [0.25, 0.3) is 0 Å². The molecule has 3 rings (SSSR count). The summed E-state index contributed by atoms with van der Waals surface area (Å²) in [5.74, 6) is 0.616. The lowest BCUT2D eigenvalue weighted by Gasteiger charge is -2.06. The van der Waals surface area contributed by atoms with Crippen molar-refractivity contribution >= 4 is 11.6 Å². The second kappa shape index (κ2) is 6.81. The first kappa shape index (κ1) is 15.5. The molecule has 0 unspecified atom stereocenters. The first-order valence-electron chi connectivity index (χ1n) is 7.17. The van der Waals surface area contributed by atoms with Crippen LogP contribution in [0.2, 0.25) is 5.15 Å². The Bertz CT molecular complexity index is 786. The number of nitrogens with zero attached hydrogens (tertiary/aromatic N) is 3. The topological polar surface area (TPSA) is 60.2 Å². The Morgan fingerprint density at radius 1 is 1.17 bits per heavy atom. The van der Waals surface area contributed by atoms with Gasteiger partial charge in [-0.1, -0.05) is 29.8 Å². The van der Waals surface area contributed by atoms with Crippen LogP contribution < -0.4 is 4.74 Å². The van der Waals surface area contributed by atoms with Crippen molar-refractivity contribution in [2.45, 2.75) is 20.1 Å². The van der Waals surface area contributed by atoms with Crippen molar-refractivity contribution in [1.82, 2.24) is 14.8 Å². The van der Waals surface area contributed by atoms with E-state index >= 15 is 0 Å². The van der Waals surface area contributed by atoms with Crippen molar-refractivity contribution in [3.63, 3.8) is 0 Å². The van der Waals surface area contributed by atoms with Gasteiger partial charge in [-0.05, 0) is 31.2 Å². The fourth-order valence-corrected chi connectivity index (χ4v) is 2.51. The minimum atomic E-state index is -0.0882. The summed E-state index contributed by atoms with van der Waals surface area (Å²) < 4.78 is 7.42. The van der Waals surface area contributed by atoms with Crippen LogP contribution in [0.5, 0.6) is 5.75 Å². The number of aromatic nitrogens is 3. The minimum absolute atomic E-state index is 0.0882. The summed E-state index contributed by atoms with van der Waals surface area (Å²) in [6, 6.07) is 13.2. The molecule has 3 aromatic rings. The molecule has 118 valence electrons. The van der Waals surface area contributed by atoms with Crippen LogP contribution in [-0.2, 0) is 13.2 Å². The third kappa shape index (κ3) is 3.36. The van der Waals surface area contributed by atoms with Crippen molar-refractivity contribution in [2.24, 2.45) is 0 Å². The van der Waals surface area contributed by atoms with Crippen LogP contribution in [0, 0.1) is 6.92 Å². The highest BCUT2D eigenvalue weighted by atomic mass is 35.5. The van der Waals surface area contributed by atoms with Crippen LogP contribution in [0.3, 0.4) is 0 Å². The summed E-state index contributed by atoms with van der Waals surface area (Å²) in [7, 11) is 0. The van der Waals surface area contributed by atoms with Crippen LogP contribution >= 0.6 is 11.6 Å². The molecule has 23 heavy (non-hydrogen) atoms.